The van der Waals surface area contributed by atoms with Crippen molar-refractivity contribution >= 4 is 11.9 Å². The number of phenolic OH excluding ortho intramolecular Hbond substituents is 1. The summed E-state index contributed by atoms with van der Waals surface area (Å²) in [5, 5.41) is 12.9. The fraction of sp³-hybridized carbons (Fsp3) is 0.556. The maximum absolute atomic E-state index is 12.2. The van der Waals surface area contributed by atoms with Crippen LogP contribution in [0.3, 0.4) is 0 Å². The Morgan fingerprint density at radius 3 is 2.70 bits per heavy atom. The molecule has 2 rings (SSSR count). The van der Waals surface area contributed by atoms with Crippen LogP contribution in [0.4, 0.5) is 0 Å². The number of amides is 1. The number of hydrogen-bond acceptors (Lipinski definition) is 4. The van der Waals surface area contributed by atoms with Gasteiger partial charge >= 0.3 is 5.97 Å². The maximum atomic E-state index is 12.2. The first-order valence-electron chi connectivity index (χ1n) is 8.20. The number of ether oxygens (including phenoxy) is 1. The zero-order chi connectivity index (χ0) is 17.0. The van der Waals surface area contributed by atoms with E-state index in [1.165, 1.54) is 12.5 Å². The van der Waals surface area contributed by atoms with Gasteiger partial charge in [-0.25, -0.2) is 4.79 Å². The molecule has 0 aromatic heterocycles. The highest BCUT2D eigenvalue weighted by molar-refractivity contribution is 5.94. The fourth-order valence-electron chi connectivity index (χ4n) is 2.93. The molecular weight excluding hydrogens is 294 g/mol. The van der Waals surface area contributed by atoms with Gasteiger partial charge in [-0.2, -0.15) is 0 Å². The molecule has 126 valence electrons. The quantitative estimate of drug-likeness (QED) is 0.837. The van der Waals surface area contributed by atoms with Gasteiger partial charge in [-0.1, -0.05) is 31.9 Å². The molecule has 0 unspecified atom stereocenters. The van der Waals surface area contributed by atoms with E-state index in [1.54, 1.807) is 26.0 Å². The number of aryl methyl sites for hydroxylation is 1. The summed E-state index contributed by atoms with van der Waals surface area (Å²) in [5.41, 5.74) is 0.670. The Morgan fingerprint density at radius 1 is 1.30 bits per heavy atom. The summed E-state index contributed by atoms with van der Waals surface area (Å²) in [6, 6.07) is 5.00. The molecule has 23 heavy (non-hydrogen) atoms. The first kappa shape index (κ1) is 17.3. The molecule has 1 aliphatic carbocycles. The monoisotopic (exact) mass is 319 g/mol. The molecule has 0 bridgehead atoms. The minimum atomic E-state index is -0.892. The van der Waals surface area contributed by atoms with Crippen LogP contribution in [0.5, 0.6) is 5.75 Å². The molecule has 1 aromatic rings. The molecule has 1 saturated carbocycles. The van der Waals surface area contributed by atoms with E-state index in [0.29, 0.717) is 11.5 Å². The molecular formula is C18H25NO4. The smallest absolute Gasteiger partial charge is 0.342 e. The Labute approximate surface area is 137 Å². The van der Waals surface area contributed by atoms with Crippen molar-refractivity contribution in [3.05, 3.63) is 29.3 Å². The predicted molar refractivity (Wildman–Crippen MR) is 87.3 cm³/mol. The summed E-state index contributed by atoms with van der Waals surface area (Å²) in [6.45, 7) is 5.38. The van der Waals surface area contributed by atoms with Crippen molar-refractivity contribution in [2.75, 3.05) is 0 Å². The molecule has 5 nitrogen and oxygen atoms in total. The number of rotatable bonds is 4. The first-order valence-corrected chi connectivity index (χ1v) is 8.20. The highest BCUT2D eigenvalue weighted by Crippen LogP contribution is 2.24. The lowest BCUT2D eigenvalue weighted by atomic mass is 9.86. The number of esters is 1. The average Bonchev–Trinajstić information content (AvgIpc) is 2.52. The molecule has 5 heteroatoms. The molecule has 2 N–H and O–H groups in total. The zero-order valence-electron chi connectivity index (χ0n) is 14.0. The fourth-order valence-corrected chi connectivity index (χ4v) is 2.93. The number of hydrogen-bond donors (Lipinski definition) is 2. The van der Waals surface area contributed by atoms with E-state index < -0.39 is 12.1 Å². The van der Waals surface area contributed by atoms with E-state index in [0.717, 1.165) is 19.3 Å². The van der Waals surface area contributed by atoms with Crippen molar-refractivity contribution in [3.8, 4) is 5.75 Å². The molecule has 1 fully saturated rings. The van der Waals surface area contributed by atoms with E-state index in [4.69, 9.17) is 4.74 Å². The third kappa shape index (κ3) is 4.24. The summed E-state index contributed by atoms with van der Waals surface area (Å²) in [7, 11) is 0. The number of nitrogens with one attached hydrogen (secondary N) is 1. The maximum Gasteiger partial charge on any atom is 0.342 e. The highest BCUT2D eigenvalue weighted by atomic mass is 16.5. The van der Waals surface area contributed by atoms with Gasteiger partial charge in [0.25, 0.3) is 5.91 Å². The average molecular weight is 319 g/mol. The Bertz CT molecular complexity index is 584. The third-order valence-corrected chi connectivity index (χ3v) is 4.55. The van der Waals surface area contributed by atoms with Crippen LogP contribution >= 0.6 is 0 Å². The van der Waals surface area contributed by atoms with Gasteiger partial charge in [-0.3, -0.25) is 4.79 Å². The summed E-state index contributed by atoms with van der Waals surface area (Å²) in [5.74, 6) is -0.641. The van der Waals surface area contributed by atoms with Gasteiger partial charge in [-0.15, -0.1) is 0 Å². The van der Waals surface area contributed by atoms with Crippen LogP contribution in [-0.2, 0) is 9.53 Å². The Balaban J connectivity index is 1.95. The molecule has 1 amide bonds. The Hall–Kier alpha value is -2.04. The SMILES string of the molecule is Cc1cccc(C(=O)O[C@@H](C)C(=O)N[C@H]2CCCC[C@@H]2C)c1O. The topological polar surface area (TPSA) is 75.6 Å². The van der Waals surface area contributed by atoms with E-state index in [1.807, 2.05) is 0 Å². The van der Waals surface area contributed by atoms with Gasteiger partial charge in [0.2, 0.25) is 0 Å². The van der Waals surface area contributed by atoms with Gasteiger partial charge in [0.1, 0.15) is 11.3 Å². The summed E-state index contributed by atoms with van der Waals surface area (Å²) >= 11 is 0. The lowest BCUT2D eigenvalue weighted by Gasteiger charge is -2.30. The lowest BCUT2D eigenvalue weighted by molar-refractivity contribution is -0.130. The van der Waals surface area contributed by atoms with Gasteiger partial charge < -0.3 is 15.2 Å². The summed E-state index contributed by atoms with van der Waals surface area (Å²) in [4.78, 5) is 24.4. The zero-order valence-corrected chi connectivity index (χ0v) is 14.0. The molecule has 0 heterocycles. The lowest BCUT2D eigenvalue weighted by Crippen LogP contribution is -2.46. The third-order valence-electron chi connectivity index (χ3n) is 4.55. The number of carbonyl (C=O) groups excluding carboxylic acids is 2. The van der Waals surface area contributed by atoms with E-state index in [9.17, 15) is 14.7 Å². The second-order valence-corrected chi connectivity index (χ2v) is 6.40. The number of carbonyl (C=O) groups is 2. The van der Waals surface area contributed by atoms with Crippen molar-refractivity contribution < 1.29 is 19.4 Å². The van der Waals surface area contributed by atoms with Crippen LogP contribution in [0.1, 0.15) is 55.5 Å². The van der Waals surface area contributed by atoms with Crippen molar-refractivity contribution in [3.63, 3.8) is 0 Å². The predicted octanol–water partition coefficient (Wildman–Crippen LogP) is 2.94. The van der Waals surface area contributed by atoms with Crippen molar-refractivity contribution in [1.82, 2.24) is 5.32 Å². The van der Waals surface area contributed by atoms with Crippen molar-refractivity contribution in [2.24, 2.45) is 5.92 Å². The summed E-state index contributed by atoms with van der Waals surface area (Å²) < 4.78 is 5.20. The van der Waals surface area contributed by atoms with Gasteiger partial charge in [0, 0.05) is 6.04 Å². The van der Waals surface area contributed by atoms with Crippen LogP contribution in [-0.4, -0.2) is 29.1 Å². The number of aromatic hydroxyl groups is 1. The molecule has 1 aliphatic rings. The number of para-hydroxylation sites is 1. The van der Waals surface area contributed by atoms with Gasteiger partial charge in [0.15, 0.2) is 6.10 Å². The standard InChI is InChI=1S/C18H25NO4/c1-11-7-4-5-10-15(11)19-17(21)13(3)23-18(22)14-9-6-8-12(2)16(14)20/h6,8-9,11,13,15,20H,4-5,7,10H2,1-3H3,(H,19,21)/t11-,13-,15-/m0/s1. The highest BCUT2D eigenvalue weighted by Gasteiger charge is 2.27. The Kier molecular flexibility index (Phi) is 5.64. The summed E-state index contributed by atoms with van der Waals surface area (Å²) in [6.07, 6.45) is 3.49. The molecule has 0 saturated heterocycles. The van der Waals surface area contributed by atoms with Crippen molar-refractivity contribution in [2.45, 2.75) is 58.6 Å². The minimum Gasteiger partial charge on any atom is -0.507 e. The molecule has 3 atom stereocenters. The van der Waals surface area contributed by atoms with Crippen LogP contribution in [0.25, 0.3) is 0 Å². The van der Waals surface area contributed by atoms with E-state index >= 15 is 0 Å². The van der Waals surface area contributed by atoms with Crippen LogP contribution in [0.15, 0.2) is 18.2 Å². The second-order valence-electron chi connectivity index (χ2n) is 6.40. The van der Waals surface area contributed by atoms with Gasteiger partial charge in [-0.05, 0) is 44.2 Å². The molecule has 0 radical (unpaired) electrons. The Morgan fingerprint density at radius 2 is 2.00 bits per heavy atom. The van der Waals surface area contributed by atoms with E-state index in [-0.39, 0.29) is 23.3 Å². The van der Waals surface area contributed by atoms with Crippen LogP contribution in [0, 0.1) is 12.8 Å². The number of phenols is 1. The van der Waals surface area contributed by atoms with Crippen LogP contribution < -0.4 is 5.32 Å². The van der Waals surface area contributed by atoms with E-state index in [2.05, 4.69) is 12.2 Å². The normalized spacial score (nSPS) is 22.2. The minimum absolute atomic E-state index is 0.0793. The first-order chi connectivity index (χ1) is 10.9. The van der Waals surface area contributed by atoms with Gasteiger partial charge in [0.05, 0.1) is 0 Å². The molecule has 0 aliphatic heterocycles. The number of benzene rings is 1. The van der Waals surface area contributed by atoms with Crippen LogP contribution in [0.2, 0.25) is 0 Å². The van der Waals surface area contributed by atoms with Crippen molar-refractivity contribution in [1.29, 1.82) is 0 Å². The molecule has 0 spiro atoms. The molecule has 1 aromatic carbocycles. The second kappa shape index (κ2) is 7.49. The largest absolute Gasteiger partial charge is 0.507 e.